The van der Waals surface area contributed by atoms with E-state index < -0.39 is 18.3 Å². The third kappa shape index (κ3) is 14.1. The van der Waals surface area contributed by atoms with E-state index in [4.69, 9.17) is 39.7 Å². The Morgan fingerprint density at radius 2 is 1.59 bits per heavy atom. The molecule has 2 aliphatic rings. The van der Waals surface area contributed by atoms with Crippen LogP contribution in [0.4, 0.5) is 0 Å². The standard InChI is InChI=1S/C10H16O3.C6H10O4.CH4O.CH3O.CH3.Na/c1-4-9-7(2)10(5-6-12-9)13-8(3)11;7-3-5-6(9)4(8)1-2-10-5;2*1-2;;/h5-7,9-10H,4H2,1-3H3;1-2,4-9H,3H2;2H,1H3;1H3;1H3;/q;;;2*-1;+1/t7-,9-,10-;4-,5-,6+;;;;/m11..../s1. The summed E-state index contributed by atoms with van der Waals surface area (Å²) in [4.78, 5) is 10.8. The van der Waals surface area contributed by atoms with Crippen molar-refractivity contribution in [2.45, 2.75) is 57.7 Å². The van der Waals surface area contributed by atoms with Gasteiger partial charge in [0.1, 0.15) is 30.5 Å². The first-order chi connectivity index (χ1) is 12.9. The molecule has 0 spiro atoms. The first-order valence-corrected chi connectivity index (χ1v) is 8.54. The van der Waals surface area contributed by atoms with Gasteiger partial charge in [0, 0.05) is 20.0 Å². The molecule has 2 heterocycles. The quantitative estimate of drug-likeness (QED) is 0.203. The van der Waals surface area contributed by atoms with Crippen LogP contribution >= 0.6 is 0 Å². The van der Waals surface area contributed by atoms with Crippen molar-refractivity contribution in [2.24, 2.45) is 5.92 Å². The minimum Gasteiger partial charge on any atom is -0.857 e. The first kappa shape index (κ1) is 35.8. The van der Waals surface area contributed by atoms with Crippen LogP contribution in [0.25, 0.3) is 0 Å². The summed E-state index contributed by atoms with van der Waals surface area (Å²) in [6, 6.07) is 0. The zero-order valence-corrected chi connectivity index (χ0v) is 20.5. The Hall–Kier alpha value is -0.650. The monoisotopic (exact) mass is 431 g/mol. The smallest absolute Gasteiger partial charge is 0.857 e. The van der Waals surface area contributed by atoms with Gasteiger partial charge in [-0.25, -0.2) is 0 Å². The van der Waals surface area contributed by atoms with Gasteiger partial charge in [-0.2, -0.15) is 7.11 Å². The van der Waals surface area contributed by atoms with E-state index in [1.165, 1.54) is 19.3 Å². The number of rotatable bonds is 3. The van der Waals surface area contributed by atoms with Crippen LogP contribution in [-0.4, -0.2) is 77.7 Å². The zero-order chi connectivity index (χ0) is 21.4. The SMILES string of the molecule is CC[C@H]1OC=C[C@@H](OC(C)=O)[C@@H]1C.CO.C[O-].OC[C@H]1OC=C[C@@H](O)[C@@H]1O.[CH3-].[Na+]. The van der Waals surface area contributed by atoms with Crippen molar-refractivity contribution >= 4 is 5.97 Å². The summed E-state index contributed by atoms with van der Waals surface area (Å²) in [5.74, 6) is -0.00264. The molecule has 9 nitrogen and oxygen atoms in total. The van der Waals surface area contributed by atoms with Gasteiger partial charge >= 0.3 is 35.5 Å². The topological polar surface area (TPSA) is 149 Å². The van der Waals surface area contributed by atoms with E-state index in [0.717, 1.165) is 20.6 Å². The summed E-state index contributed by atoms with van der Waals surface area (Å²) >= 11 is 0. The van der Waals surface area contributed by atoms with Gasteiger partial charge in [-0.3, -0.25) is 4.79 Å². The second kappa shape index (κ2) is 22.0. The van der Waals surface area contributed by atoms with E-state index >= 15 is 0 Å². The van der Waals surface area contributed by atoms with Crippen LogP contribution in [0, 0.1) is 13.3 Å². The van der Waals surface area contributed by atoms with Crippen molar-refractivity contribution < 1.29 is 74.1 Å². The Morgan fingerprint density at radius 3 is 2.00 bits per heavy atom. The minimum absolute atomic E-state index is 0. The van der Waals surface area contributed by atoms with E-state index in [0.29, 0.717) is 0 Å². The predicted octanol–water partition coefficient (Wildman–Crippen LogP) is -3.47. The van der Waals surface area contributed by atoms with Gasteiger partial charge in [0.15, 0.2) is 0 Å². The Balaban J connectivity index is -0.000000177. The molecule has 10 heteroatoms. The first-order valence-electron chi connectivity index (χ1n) is 8.54. The summed E-state index contributed by atoms with van der Waals surface area (Å²) in [6.07, 6.45) is 4.35. The van der Waals surface area contributed by atoms with Crippen molar-refractivity contribution in [1.82, 2.24) is 0 Å². The van der Waals surface area contributed by atoms with Gasteiger partial charge in [0.05, 0.1) is 19.1 Å². The second-order valence-corrected chi connectivity index (χ2v) is 5.51. The van der Waals surface area contributed by atoms with Gasteiger partial charge < -0.3 is 47.2 Å². The summed E-state index contributed by atoms with van der Waals surface area (Å²) in [5.41, 5.74) is 0. The Labute approximate surface area is 196 Å². The van der Waals surface area contributed by atoms with Crippen LogP contribution < -0.4 is 34.7 Å². The average molecular weight is 431 g/mol. The molecule has 0 aromatic carbocycles. The van der Waals surface area contributed by atoms with Gasteiger partial charge in [-0.1, -0.05) is 13.8 Å². The average Bonchev–Trinajstić information content (AvgIpc) is 2.69. The molecule has 2 aliphatic heterocycles. The molecule has 0 amide bonds. The number of hydrogen-bond acceptors (Lipinski definition) is 9. The number of aliphatic hydroxyl groups excluding tert-OH is 4. The summed E-state index contributed by atoms with van der Waals surface area (Å²) in [5, 5.41) is 41.8. The normalized spacial score (nSPS) is 28.5. The molecule has 29 heavy (non-hydrogen) atoms. The summed E-state index contributed by atoms with van der Waals surface area (Å²) < 4.78 is 15.3. The van der Waals surface area contributed by atoms with Gasteiger partial charge in [-0.15, -0.1) is 0 Å². The molecule has 0 radical (unpaired) electrons. The molecule has 0 bridgehead atoms. The van der Waals surface area contributed by atoms with E-state index in [1.54, 1.807) is 12.3 Å². The van der Waals surface area contributed by atoms with Crippen LogP contribution in [-0.2, 0) is 19.0 Å². The maximum Gasteiger partial charge on any atom is 1.00 e. The fraction of sp³-hybridized carbons (Fsp3) is 0.684. The fourth-order valence-corrected chi connectivity index (χ4v) is 2.33. The number of esters is 1. The van der Waals surface area contributed by atoms with E-state index in [-0.39, 0.29) is 67.7 Å². The second-order valence-electron chi connectivity index (χ2n) is 5.51. The molecule has 0 unspecified atom stereocenters. The molecule has 6 atom stereocenters. The number of hydrogen-bond donors (Lipinski definition) is 4. The minimum atomic E-state index is -1.02. The Kier molecular flexibility index (Phi) is 27.2. The molecule has 0 saturated heterocycles. The van der Waals surface area contributed by atoms with E-state index in [9.17, 15) is 4.79 Å². The van der Waals surface area contributed by atoms with Crippen LogP contribution in [0.5, 0.6) is 0 Å². The maximum absolute atomic E-state index is 10.8. The molecule has 0 fully saturated rings. The van der Waals surface area contributed by atoms with Crippen LogP contribution in [0.2, 0.25) is 0 Å². The zero-order valence-electron chi connectivity index (χ0n) is 18.5. The van der Waals surface area contributed by atoms with Crippen molar-refractivity contribution in [2.75, 3.05) is 20.8 Å². The largest absolute Gasteiger partial charge is 1.00 e. The molecular weight excluding hydrogens is 395 g/mol. The summed E-state index contributed by atoms with van der Waals surface area (Å²) in [7, 11) is 1.75. The summed E-state index contributed by atoms with van der Waals surface area (Å²) in [6.45, 7) is 5.23. The Bertz CT molecular complexity index is 432. The third-order valence-electron chi connectivity index (χ3n) is 3.77. The third-order valence-corrected chi connectivity index (χ3v) is 3.77. The van der Waals surface area contributed by atoms with E-state index in [1.807, 2.05) is 6.92 Å². The van der Waals surface area contributed by atoms with E-state index in [2.05, 4.69) is 6.92 Å². The molecule has 168 valence electrons. The van der Waals surface area contributed by atoms with Gasteiger partial charge in [0.25, 0.3) is 0 Å². The number of aliphatic hydroxyl groups is 4. The van der Waals surface area contributed by atoms with Crippen molar-refractivity contribution in [1.29, 1.82) is 0 Å². The van der Waals surface area contributed by atoms with Crippen LogP contribution in [0.15, 0.2) is 24.7 Å². The van der Waals surface area contributed by atoms with Gasteiger partial charge in [0.2, 0.25) is 0 Å². The number of carbonyl (C=O) groups is 1. The maximum atomic E-state index is 10.8. The number of carbonyl (C=O) groups excluding carboxylic acids is 1. The Morgan fingerprint density at radius 1 is 1.10 bits per heavy atom. The molecule has 0 saturated carbocycles. The molecule has 2 rings (SSSR count). The van der Waals surface area contributed by atoms with Gasteiger partial charge in [-0.05, 0) is 18.6 Å². The van der Waals surface area contributed by atoms with Crippen LogP contribution in [0.3, 0.4) is 0 Å². The number of ether oxygens (including phenoxy) is 3. The van der Waals surface area contributed by atoms with Crippen LogP contribution in [0.1, 0.15) is 27.2 Å². The molecule has 4 N–H and O–H groups in total. The molecule has 0 aliphatic carbocycles. The predicted molar refractivity (Wildman–Crippen MR) is 103 cm³/mol. The fourth-order valence-electron chi connectivity index (χ4n) is 2.33. The van der Waals surface area contributed by atoms with Crippen molar-refractivity contribution in [3.63, 3.8) is 0 Å². The van der Waals surface area contributed by atoms with Crippen molar-refractivity contribution in [3.8, 4) is 0 Å². The molecular formula is C19H36NaO9-. The molecule has 0 aromatic rings. The molecule has 0 aromatic heterocycles. The van der Waals surface area contributed by atoms with Crippen molar-refractivity contribution in [3.05, 3.63) is 32.1 Å².